The fourth-order valence-corrected chi connectivity index (χ4v) is 4.94. The lowest BCUT2D eigenvalue weighted by Crippen LogP contribution is -2.31. The van der Waals surface area contributed by atoms with Crippen LogP contribution in [0.25, 0.3) is 0 Å². The Kier molecular flexibility index (Phi) is 6.80. The molecule has 2 heterocycles. The maximum absolute atomic E-state index is 13.1. The van der Waals surface area contributed by atoms with E-state index >= 15 is 0 Å². The van der Waals surface area contributed by atoms with Crippen molar-refractivity contribution in [2.75, 3.05) is 5.32 Å². The average Bonchev–Trinajstić information content (AvgIpc) is 3.17. The standard InChI is InChI=1S/C24H24FN3O3S/c1-15(31-18-10-8-17(25)9-11-18)22(29)28-24-21(19-6-2-3-7-20(19)32-24)23(30)27-14-16-5-4-12-26-13-16/h4-5,8-13,15H,2-3,6-7,14H2,1H3,(H,27,30)(H,28,29)/t15-/m0/s1. The van der Waals surface area contributed by atoms with Gasteiger partial charge in [0.1, 0.15) is 16.6 Å². The molecule has 32 heavy (non-hydrogen) atoms. The van der Waals surface area contributed by atoms with E-state index in [-0.39, 0.29) is 17.6 Å². The Balaban J connectivity index is 1.50. The van der Waals surface area contributed by atoms with Gasteiger partial charge in [0, 0.05) is 23.8 Å². The monoisotopic (exact) mass is 453 g/mol. The van der Waals surface area contributed by atoms with Gasteiger partial charge in [0.05, 0.1) is 5.56 Å². The zero-order valence-corrected chi connectivity index (χ0v) is 18.5. The highest BCUT2D eigenvalue weighted by molar-refractivity contribution is 7.17. The van der Waals surface area contributed by atoms with E-state index in [1.807, 2.05) is 12.1 Å². The van der Waals surface area contributed by atoms with Gasteiger partial charge in [-0.25, -0.2) is 4.39 Å². The lowest BCUT2D eigenvalue weighted by Gasteiger charge is -2.15. The highest BCUT2D eigenvalue weighted by Gasteiger charge is 2.27. The number of pyridine rings is 1. The van der Waals surface area contributed by atoms with Gasteiger partial charge in [0.25, 0.3) is 11.8 Å². The normalized spacial score (nSPS) is 13.7. The van der Waals surface area contributed by atoms with Crippen LogP contribution in [0, 0.1) is 5.82 Å². The van der Waals surface area contributed by atoms with Crippen LogP contribution in [0.2, 0.25) is 0 Å². The Morgan fingerprint density at radius 1 is 1.19 bits per heavy atom. The minimum atomic E-state index is -0.814. The summed E-state index contributed by atoms with van der Waals surface area (Å²) in [5, 5.41) is 6.38. The number of benzene rings is 1. The second kappa shape index (κ2) is 9.91. The molecule has 0 spiro atoms. The molecule has 2 amide bonds. The van der Waals surface area contributed by atoms with E-state index in [2.05, 4.69) is 15.6 Å². The third-order valence-electron chi connectivity index (χ3n) is 5.31. The number of nitrogens with zero attached hydrogens (tertiary/aromatic N) is 1. The zero-order valence-electron chi connectivity index (χ0n) is 17.7. The number of thiophene rings is 1. The van der Waals surface area contributed by atoms with Crippen molar-refractivity contribution in [3.63, 3.8) is 0 Å². The number of fused-ring (bicyclic) bond motifs is 1. The zero-order chi connectivity index (χ0) is 22.5. The SMILES string of the molecule is C[C@H](Oc1ccc(F)cc1)C(=O)Nc1sc2c(c1C(=O)NCc1cccnc1)CCCC2. The molecule has 4 rings (SSSR count). The number of ether oxygens (including phenoxy) is 1. The van der Waals surface area contributed by atoms with Crippen molar-refractivity contribution in [1.82, 2.24) is 10.3 Å². The van der Waals surface area contributed by atoms with Crippen molar-refractivity contribution >= 4 is 28.2 Å². The van der Waals surface area contributed by atoms with Crippen LogP contribution in [0.15, 0.2) is 48.8 Å². The number of aromatic nitrogens is 1. The van der Waals surface area contributed by atoms with Gasteiger partial charge in [-0.15, -0.1) is 11.3 Å². The maximum atomic E-state index is 13.1. The van der Waals surface area contributed by atoms with E-state index in [1.165, 1.54) is 35.6 Å². The third-order valence-corrected chi connectivity index (χ3v) is 6.51. The molecule has 1 aliphatic carbocycles. The van der Waals surface area contributed by atoms with E-state index in [0.717, 1.165) is 41.7 Å². The number of halogens is 1. The van der Waals surface area contributed by atoms with Crippen molar-refractivity contribution in [3.05, 3.63) is 76.2 Å². The number of hydrogen-bond donors (Lipinski definition) is 2. The number of amides is 2. The molecule has 1 aromatic carbocycles. The summed E-state index contributed by atoms with van der Waals surface area (Å²) in [7, 11) is 0. The molecule has 2 aromatic heterocycles. The molecule has 8 heteroatoms. The van der Waals surface area contributed by atoms with Gasteiger partial charge >= 0.3 is 0 Å². The predicted molar refractivity (Wildman–Crippen MR) is 121 cm³/mol. The molecule has 0 aliphatic heterocycles. The maximum Gasteiger partial charge on any atom is 0.265 e. The fraction of sp³-hybridized carbons (Fsp3) is 0.292. The number of carbonyl (C=O) groups is 2. The van der Waals surface area contributed by atoms with Gasteiger partial charge in [-0.1, -0.05) is 6.07 Å². The molecule has 0 unspecified atom stereocenters. The number of hydrogen-bond acceptors (Lipinski definition) is 5. The lowest BCUT2D eigenvalue weighted by molar-refractivity contribution is -0.122. The van der Waals surface area contributed by atoms with E-state index in [1.54, 1.807) is 19.3 Å². The Morgan fingerprint density at radius 3 is 2.72 bits per heavy atom. The van der Waals surface area contributed by atoms with E-state index in [4.69, 9.17) is 4.74 Å². The minimum Gasteiger partial charge on any atom is -0.481 e. The summed E-state index contributed by atoms with van der Waals surface area (Å²) in [4.78, 5) is 31.1. The average molecular weight is 454 g/mol. The van der Waals surface area contributed by atoms with Crippen LogP contribution in [0.1, 0.15) is 46.1 Å². The molecule has 0 saturated heterocycles. The van der Waals surface area contributed by atoms with Gasteiger partial charge < -0.3 is 15.4 Å². The van der Waals surface area contributed by atoms with Crippen LogP contribution in [0.5, 0.6) is 5.75 Å². The van der Waals surface area contributed by atoms with Crippen molar-refractivity contribution < 1.29 is 18.7 Å². The van der Waals surface area contributed by atoms with Crippen LogP contribution in [0.3, 0.4) is 0 Å². The first-order valence-electron chi connectivity index (χ1n) is 10.6. The summed E-state index contributed by atoms with van der Waals surface area (Å²) in [6, 6.07) is 9.21. The molecule has 6 nitrogen and oxygen atoms in total. The number of aryl methyl sites for hydroxylation is 1. The number of anilines is 1. The Hall–Kier alpha value is -3.26. The number of nitrogens with one attached hydrogen (secondary N) is 2. The van der Waals surface area contributed by atoms with Crippen LogP contribution < -0.4 is 15.4 Å². The Morgan fingerprint density at radius 2 is 1.97 bits per heavy atom. The topological polar surface area (TPSA) is 80.3 Å². The molecule has 0 fully saturated rings. The van der Waals surface area contributed by atoms with Crippen molar-refractivity contribution in [2.24, 2.45) is 0 Å². The molecule has 3 aromatic rings. The smallest absolute Gasteiger partial charge is 0.265 e. The number of rotatable bonds is 7. The summed E-state index contributed by atoms with van der Waals surface area (Å²) in [6.45, 7) is 1.98. The molecule has 0 saturated carbocycles. The second-order valence-corrected chi connectivity index (χ2v) is 8.77. The van der Waals surface area contributed by atoms with E-state index < -0.39 is 6.10 Å². The fourth-order valence-electron chi connectivity index (χ4n) is 3.65. The molecule has 0 radical (unpaired) electrons. The first-order chi connectivity index (χ1) is 15.5. The second-order valence-electron chi connectivity index (χ2n) is 7.66. The van der Waals surface area contributed by atoms with E-state index in [0.29, 0.717) is 22.9 Å². The largest absolute Gasteiger partial charge is 0.481 e. The summed E-state index contributed by atoms with van der Waals surface area (Å²) < 4.78 is 18.7. The minimum absolute atomic E-state index is 0.212. The van der Waals surface area contributed by atoms with Gasteiger partial charge in [0.2, 0.25) is 0 Å². The van der Waals surface area contributed by atoms with Gasteiger partial charge in [0.15, 0.2) is 6.10 Å². The summed E-state index contributed by atoms with van der Waals surface area (Å²) in [5.74, 6) is -0.556. The predicted octanol–water partition coefficient (Wildman–Crippen LogP) is 4.50. The highest BCUT2D eigenvalue weighted by atomic mass is 32.1. The quantitative estimate of drug-likeness (QED) is 0.552. The molecular weight excluding hydrogens is 429 g/mol. The van der Waals surface area contributed by atoms with Crippen LogP contribution in [0.4, 0.5) is 9.39 Å². The van der Waals surface area contributed by atoms with E-state index in [9.17, 15) is 14.0 Å². The molecule has 1 aliphatic rings. The Labute approximate surface area is 189 Å². The Bertz CT molecular complexity index is 1100. The molecule has 2 N–H and O–H groups in total. The molecule has 0 bridgehead atoms. The van der Waals surface area contributed by atoms with Gasteiger partial charge in [-0.05, 0) is 74.1 Å². The van der Waals surface area contributed by atoms with Crippen molar-refractivity contribution in [3.8, 4) is 5.75 Å². The van der Waals surface area contributed by atoms with Crippen LogP contribution in [-0.4, -0.2) is 22.9 Å². The summed E-state index contributed by atoms with van der Waals surface area (Å²) in [6.07, 6.45) is 6.39. The molecule has 1 atom stereocenters. The van der Waals surface area contributed by atoms with Crippen molar-refractivity contribution in [1.29, 1.82) is 0 Å². The first kappa shape index (κ1) is 22.0. The summed E-state index contributed by atoms with van der Waals surface area (Å²) >= 11 is 1.46. The van der Waals surface area contributed by atoms with Crippen LogP contribution >= 0.6 is 11.3 Å². The molecule has 166 valence electrons. The number of carbonyl (C=O) groups excluding carboxylic acids is 2. The summed E-state index contributed by atoms with van der Waals surface area (Å²) in [5.41, 5.74) is 2.46. The van der Waals surface area contributed by atoms with Gasteiger partial charge in [-0.2, -0.15) is 0 Å². The molecular formula is C24H24FN3O3S. The van der Waals surface area contributed by atoms with Gasteiger partial charge in [-0.3, -0.25) is 14.6 Å². The van der Waals surface area contributed by atoms with Crippen LogP contribution in [-0.2, 0) is 24.2 Å². The van der Waals surface area contributed by atoms with Crippen molar-refractivity contribution in [2.45, 2.75) is 45.3 Å². The lowest BCUT2D eigenvalue weighted by atomic mass is 9.95. The third kappa shape index (κ3) is 5.13. The first-order valence-corrected chi connectivity index (χ1v) is 11.4. The highest BCUT2D eigenvalue weighted by Crippen LogP contribution is 2.38.